The predicted octanol–water partition coefficient (Wildman–Crippen LogP) is 6.12. The summed E-state index contributed by atoms with van der Waals surface area (Å²) in [5, 5.41) is 0.296. The van der Waals surface area contributed by atoms with Crippen LogP contribution in [0.1, 0.15) is 67.7 Å². The van der Waals surface area contributed by atoms with E-state index in [1.807, 2.05) is 0 Å². The number of rotatable bonds is 7. The molecule has 0 radical (unpaired) electrons. The second-order valence-electron chi connectivity index (χ2n) is 9.82. The smallest absolute Gasteiger partial charge is 0.292 e. The molecule has 0 aliphatic carbocycles. The zero-order valence-electron chi connectivity index (χ0n) is 17.4. The van der Waals surface area contributed by atoms with Gasteiger partial charge in [-0.25, -0.2) is 0 Å². The van der Waals surface area contributed by atoms with Gasteiger partial charge in [-0.2, -0.15) is 0 Å². The van der Waals surface area contributed by atoms with E-state index in [1.54, 1.807) is 0 Å². The first kappa shape index (κ1) is 22.9. The Bertz CT molecular complexity index is 390. The van der Waals surface area contributed by atoms with Gasteiger partial charge in [-0.1, -0.05) is 41.5 Å². The molecule has 0 saturated carbocycles. The molecule has 0 fully saturated rings. The van der Waals surface area contributed by atoms with Crippen LogP contribution in [0.3, 0.4) is 0 Å². The molecule has 0 N–H and O–H groups in total. The highest BCUT2D eigenvalue weighted by molar-refractivity contribution is 6.75. The molecular formula is C18H40O3Si2. The Kier molecular flexibility index (Phi) is 7.78. The second kappa shape index (κ2) is 7.83. The molecule has 0 aliphatic heterocycles. The van der Waals surface area contributed by atoms with Gasteiger partial charge < -0.3 is 8.85 Å². The number of carbonyl (C=O) groups is 1. The topological polar surface area (TPSA) is 35.5 Å². The zero-order valence-corrected chi connectivity index (χ0v) is 19.4. The predicted molar refractivity (Wildman–Crippen MR) is 105 cm³/mol. The molecule has 0 spiro atoms. The molecule has 23 heavy (non-hydrogen) atoms. The molecule has 0 aromatic heterocycles. The van der Waals surface area contributed by atoms with Crippen LogP contribution >= 0.6 is 0 Å². The van der Waals surface area contributed by atoms with Gasteiger partial charge >= 0.3 is 0 Å². The van der Waals surface area contributed by atoms with Gasteiger partial charge in [0.15, 0.2) is 8.32 Å². The Morgan fingerprint density at radius 2 is 1.35 bits per heavy atom. The fourth-order valence-electron chi connectivity index (χ4n) is 1.76. The maximum atomic E-state index is 12.1. The van der Waals surface area contributed by atoms with Crippen molar-refractivity contribution in [3.05, 3.63) is 0 Å². The second-order valence-corrected chi connectivity index (χ2v) is 19.3. The molecule has 0 aliphatic rings. The highest BCUT2D eigenvalue weighted by atomic mass is 28.4. The maximum Gasteiger partial charge on any atom is 0.292 e. The van der Waals surface area contributed by atoms with Crippen LogP contribution in [0.2, 0.25) is 36.3 Å². The molecule has 0 saturated heterocycles. The van der Waals surface area contributed by atoms with E-state index >= 15 is 0 Å². The monoisotopic (exact) mass is 360 g/mol. The van der Waals surface area contributed by atoms with Gasteiger partial charge in [-0.05, 0) is 56.0 Å². The summed E-state index contributed by atoms with van der Waals surface area (Å²) < 4.78 is 12.1. The van der Waals surface area contributed by atoms with Crippen molar-refractivity contribution in [1.29, 1.82) is 0 Å². The van der Waals surface area contributed by atoms with Crippen LogP contribution in [0.15, 0.2) is 0 Å². The van der Waals surface area contributed by atoms with E-state index in [2.05, 4.69) is 74.7 Å². The number of hydrogen-bond acceptors (Lipinski definition) is 3. The Morgan fingerprint density at radius 3 is 1.74 bits per heavy atom. The first-order valence-electron chi connectivity index (χ1n) is 8.89. The summed E-state index contributed by atoms with van der Waals surface area (Å²) in [6.45, 7) is 24.1. The normalized spacial score (nSPS) is 15.4. The highest BCUT2D eigenvalue weighted by Gasteiger charge is 2.40. The minimum absolute atomic E-state index is 0.0453. The summed E-state index contributed by atoms with van der Waals surface area (Å²) >= 11 is 0. The fourth-order valence-corrected chi connectivity index (χ4v) is 4.22. The summed E-state index contributed by atoms with van der Waals surface area (Å²) in [7, 11) is -3.70. The summed E-state index contributed by atoms with van der Waals surface area (Å²) in [5.41, 5.74) is 0. The molecule has 138 valence electrons. The van der Waals surface area contributed by atoms with Crippen LogP contribution in [-0.2, 0) is 13.6 Å². The molecule has 1 unspecified atom stereocenters. The Balaban J connectivity index is 4.29. The van der Waals surface area contributed by atoms with Gasteiger partial charge in [-0.15, -0.1) is 0 Å². The summed E-state index contributed by atoms with van der Waals surface area (Å²) in [4.78, 5) is 12.1. The standard InChI is InChI=1S/C18H40O3Si2/c1-15(20-22(8,9)17(2,3)4)13-12-14-16(19)21-23(10,11)18(5,6)7/h15H,12-14H2,1-11H3. The van der Waals surface area contributed by atoms with E-state index in [9.17, 15) is 4.79 Å². The molecule has 0 aromatic carbocycles. The Labute approximate surface area is 146 Å². The minimum atomic E-state index is -1.98. The van der Waals surface area contributed by atoms with Gasteiger partial charge in [-0.3, -0.25) is 4.79 Å². The van der Waals surface area contributed by atoms with Crippen molar-refractivity contribution < 1.29 is 13.6 Å². The third-order valence-electron chi connectivity index (χ3n) is 5.47. The first-order chi connectivity index (χ1) is 9.99. The lowest BCUT2D eigenvalue weighted by Crippen LogP contribution is -2.43. The van der Waals surface area contributed by atoms with Crippen molar-refractivity contribution in [3.63, 3.8) is 0 Å². The van der Waals surface area contributed by atoms with Crippen LogP contribution in [-0.4, -0.2) is 28.7 Å². The van der Waals surface area contributed by atoms with Crippen molar-refractivity contribution in [2.24, 2.45) is 0 Å². The molecular weight excluding hydrogens is 320 g/mol. The Morgan fingerprint density at radius 1 is 0.913 bits per heavy atom. The average molecular weight is 361 g/mol. The van der Waals surface area contributed by atoms with Crippen molar-refractivity contribution in [3.8, 4) is 0 Å². The fraction of sp³-hybridized carbons (Fsp3) is 0.944. The summed E-state index contributed by atoms with van der Waals surface area (Å²) in [6, 6.07) is 0. The van der Waals surface area contributed by atoms with E-state index in [0.29, 0.717) is 6.42 Å². The number of hydrogen-bond donors (Lipinski definition) is 0. The van der Waals surface area contributed by atoms with Crippen molar-refractivity contribution in [2.45, 2.75) is 110 Å². The molecule has 0 heterocycles. The van der Waals surface area contributed by atoms with E-state index in [-0.39, 0.29) is 22.1 Å². The average Bonchev–Trinajstić information content (AvgIpc) is 2.23. The summed E-state index contributed by atoms with van der Waals surface area (Å²) in [6.07, 6.45) is 2.46. The van der Waals surface area contributed by atoms with E-state index in [0.717, 1.165) is 12.8 Å². The van der Waals surface area contributed by atoms with Crippen molar-refractivity contribution in [1.82, 2.24) is 0 Å². The SMILES string of the molecule is CC(CCCC(=O)O[Si](C)(C)C(C)(C)C)O[Si](C)(C)C(C)(C)C. The number of carbonyl (C=O) groups excluding carboxylic acids is 1. The van der Waals surface area contributed by atoms with Gasteiger partial charge in [0.25, 0.3) is 14.3 Å². The largest absolute Gasteiger partial charge is 0.519 e. The van der Waals surface area contributed by atoms with Crippen LogP contribution < -0.4 is 0 Å². The van der Waals surface area contributed by atoms with Crippen molar-refractivity contribution in [2.75, 3.05) is 0 Å². The van der Waals surface area contributed by atoms with Crippen LogP contribution in [0.5, 0.6) is 0 Å². The van der Waals surface area contributed by atoms with E-state index < -0.39 is 16.6 Å². The van der Waals surface area contributed by atoms with Crippen molar-refractivity contribution >= 4 is 22.6 Å². The summed E-state index contributed by atoms with van der Waals surface area (Å²) in [5.74, 6) is -0.0453. The molecule has 3 nitrogen and oxygen atoms in total. The highest BCUT2D eigenvalue weighted by Crippen LogP contribution is 2.38. The van der Waals surface area contributed by atoms with Gasteiger partial charge in [0.2, 0.25) is 0 Å². The van der Waals surface area contributed by atoms with Crippen LogP contribution in [0.4, 0.5) is 0 Å². The third-order valence-corrected chi connectivity index (χ3v) is 14.4. The van der Waals surface area contributed by atoms with Crippen LogP contribution in [0, 0.1) is 0 Å². The zero-order chi connectivity index (χ0) is 18.7. The lowest BCUT2D eigenvalue weighted by molar-refractivity contribution is -0.135. The van der Waals surface area contributed by atoms with Gasteiger partial charge in [0, 0.05) is 12.5 Å². The Hall–Kier alpha value is -0.136. The molecule has 0 rings (SSSR count). The minimum Gasteiger partial charge on any atom is -0.519 e. The maximum absolute atomic E-state index is 12.1. The van der Waals surface area contributed by atoms with E-state index in [1.165, 1.54) is 0 Å². The van der Waals surface area contributed by atoms with Crippen LogP contribution in [0.25, 0.3) is 0 Å². The van der Waals surface area contributed by atoms with E-state index in [4.69, 9.17) is 8.85 Å². The quantitative estimate of drug-likeness (QED) is 0.513. The molecule has 5 heteroatoms. The lowest BCUT2D eigenvalue weighted by atomic mass is 10.2. The lowest BCUT2D eigenvalue weighted by Gasteiger charge is -2.38. The molecule has 0 amide bonds. The molecule has 0 aromatic rings. The third kappa shape index (κ3) is 7.52. The molecule has 0 bridgehead atoms. The first-order valence-corrected chi connectivity index (χ1v) is 14.7. The van der Waals surface area contributed by atoms with Gasteiger partial charge in [0.1, 0.15) is 0 Å². The van der Waals surface area contributed by atoms with Gasteiger partial charge in [0.05, 0.1) is 0 Å². The molecule has 1 atom stereocenters.